The summed E-state index contributed by atoms with van der Waals surface area (Å²) in [5.41, 5.74) is 5.92. The Morgan fingerprint density at radius 3 is 2.53 bits per heavy atom. The van der Waals surface area contributed by atoms with Gasteiger partial charge >= 0.3 is 5.97 Å². The van der Waals surface area contributed by atoms with Crippen molar-refractivity contribution in [3.05, 3.63) is 125 Å². The molecule has 4 aromatic carbocycles. The number of para-hydroxylation sites is 1. The number of hydrogen-bond donors (Lipinski definition) is 1. The fourth-order valence-corrected chi connectivity index (χ4v) is 7.98. The number of benzene rings is 4. The van der Waals surface area contributed by atoms with E-state index >= 15 is 0 Å². The molecule has 8 rings (SSSR count). The highest BCUT2D eigenvalue weighted by Crippen LogP contribution is 2.40. The lowest BCUT2D eigenvalue weighted by Crippen LogP contribution is -2.33. The topological polar surface area (TPSA) is 106 Å². The van der Waals surface area contributed by atoms with Gasteiger partial charge in [-0.05, 0) is 54.5 Å². The van der Waals surface area contributed by atoms with Crippen molar-refractivity contribution in [2.45, 2.75) is 58.0 Å². The van der Waals surface area contributed by atoms with Gasteiger partial charge in [0, 0.05) is 61.5 Å². The predicted octanol–water partition coefficient (Wildman–Crippen LogP) is 8.05. The summed E-state index contributed by atoms with van der Waals surface area (Å²) in [6.45, 7) is 5.10. The van der Waals surface area contributed by atoms with Crippen LogP contribution in [0, 0.1) is 0 Å². The van der Waals surface area contributed by atoms with Crippen LogP contribution < -0.4 is 9.47 Å². The Kier molecular flexibility index (Phi) is 10.7. The van der Waals surface area contributed by atoms with Crippen LogP contribution in [-0.2, 0) is 53.0 Å². The molecule has 0 radical (unpaired) electrons. The van der Waals surface area contributed by atoms with E-state index in [1.807, 2.05) is 85.4 Å². The minimum Gasteiger partial charge on any atom is -0.493 e. The van der Waals surface area contributed by atoms with Crippen molar-refractivity contribution in [2.75, 3.05) is 33.0 Å². The van der Waals surface area contributed by atoms with Crippen LogP contribution in [0.4, 0.5) is 0 Å². The van der Waals surface area contributed by atoms with Crippen LogP contribution in [0.1, 0.15) is 59.2 Å². The number of carbonyl (C=O) groups excluding carboxylic acids is 1. The molecule has 0 atom stereocenters. The second-order valence-corrected chi connectivity index (χ2v) is 14.1. The molecule has 0 saturated carbocycles. The summed E-state index contributed by atoms with van der Waals surface area (Å²) < 4.78 is 34.0. The van der Waals surface area contributed by atoms with Crippen LogP contribution in [0.5, 0.6) is 11.5 Å². The van der Waals surface area contributed by atoms with Crippen molar-refractivity contribution < 1.29 is 33.6 Å². The first-order valence-electron chi connectivity index (χ1n) is 19.2. The van der Waals surface area contributed by atoms with Gasteiger partial charge in [-0.2, -0.15) is 5.10 Å². The maximum absolute atomic E-state index is 13.9. The number of hydrogen-bond acceptors (Lipinski definition) is 8. The molecule has 1 saturated heterocycles. The number of aliphatic hydroxyl groups is 1. The molecule has 2 aliphatic heterocycles. The number of allylic oxidation sites excluding steroid dienone is 1. The molecular weight excluding hydrogens is 695 g/mol. The molecule has 10 nitrogen and oxygen atoms in total. The van der Waals surface area contributed by atoms with E-state index in [4.69, 9.17) is 28.8 Å². The van der Waals surface area contributed by atoms with Crippen LogP contribution >= 0.6 is 0 Å². The molecule has 0 aliphatic carbocycles. The number of aryl methyl sites for hydroxylation is 2. The molecule has 0 bridgehead atoms. The van der Waals surface area contributed by atoms with E-state index in [2.05, 4.69) is 34.9 Å². The van der Waals surface area contributed by atoms with Gasteiger partial charge in [-0.3, -0.25) is 4.68 Å². The second kappa shape index (κ2) is 16.1. The fraction of sp³-hybridized carbons (Fsp3) is 0.333. The molecule has 284 valence electrons. The van der Waals surface area contributed by atoms with Crippen molar-refractivity contribution >= 4 is 27.6 Å². The highest BCUT2D eigenvalue weighted by Gasteiger charge is 2.32. The first-order valence-corrected chi connectivity index (χ1v) is 19.2. The third-order valence-corrected chi connectivity index (χ3v) is 10.7. The fourth-order valence-electron chi connectivity index (χ4n) is 7.98. The molecule has 2 aromatic heterocycles. The van der Waals surface area contributed by atoms with Gasteiger partial charge in [0.05, 0.1) is 43.2 Å². The monoisotopic (exact) mass is 741 g/mol. The predicted molar refractivity (Wildman–Crippen MR) is 211 cm³/mol. The van der Waals surface area contributed by atoms with E-state index in [0.29, 0.717) is 76.7 Å². The number of ether oxygens (including phenoxy) is 5. The maximum Gasteiger partial charge on any atom is 0.355 e. The van der Waals surface area contributed by atoms with Crippen LogP contribution in [0.3, 0.4) is 0 Å². The highest BCUT2D eigenvalue weighted by molar-refractivity contribution is 6.05. The van der Waals surface area contributed by atoms with Crippen molar-refractivity contribution in [1.29, 1.82) is 0 Å². The third kappa shape index (κ3) is 7.37. The van der Waals surface area contributed by atoms with Gasteiger partial charge in [-0.1, -0.05) is 78.9 Å². The summed E-state index contributed by atoms with van der Waals surface area (Å²) in [7, 11) is 1.93. The summed E-state index contributed by atoms with van der Waals surface area (Å²) >= 11 is 0. The Balaban J connectivity index is 1.15. The number of rotatable bonds is 11. The first-order chi connectivity index (χ1) is 26.9. The average molecular weight is 742 g/mol. The largest absolute Gasteiger partial charge is 0.493 e. The first kappa shape index (κ1) is 36.6. The molecule has 6 aromatic rings. The number of esters is 1. The third-order valence-electron chi connectivity index (χ3n) is 10.7. The Labute approximate surface area is 320 Å². The molecule has 55 heavy (non-hydrogen) atoms. The van der Waals surface area contributed by atoms with Crippen molar-refractivity contribution in [1.82, 2.24) is 14.3 Å². The van der Waals surface area contributed by atoms with Crippen LogP contribution in [-0.4, -0.2) is 58.5 Å². The zero-order chi connectivity index (χ0) is 37.8. The summed E-state index contributed by atoms with van der Waals surface area (Å²) in [5.74, 6) is 1.18. The van der Waals surface area contributed by atoms with Crippen LogP contribution in [0.25, 0.3) is 32.8 Å². The Morgan fingerprint density at radius 1 is 0.909 bits per heavy atom. The molecule has 10 heteroatoms. The zero-order valence-corrected chi connectivity index (χ0v) is 31.5. The molecule has 0 spiro atoms. The van der Waals surface area contributed by atoms with Crippen molar-refractivity contribution in [2.24, 2.45) is 7.05 Å². The SMILES string of the molecule is CCOC(=O)c1c(CCCOc2cccc3ccccc23)c2cccc3c2n1C/C=C\COCc1c-3c(COc2ccc(C3(O)CCOCC3)cc2)nn1C. The molecule has 0 amide bonds. The van der Waals surface area contributed by atoms with Crippen molar-refractivity contribution in [3.8, 4) is 22.6 Å². The van der Waals surface area contributed by atoms with Gasteiger partial charge in [-0.25, -0.2) is 4.79 Å². The standard InChI is InChI=1S/C45H47N3O7/c1-3-53-44(49)43-36(16-10-26-54-40-17-8-12-31-11-4-5-13-34(31)40)35-14-9-15-37-41-38(46-47(2)39(41)30-52-25-7-6-24-48(43)42(35)37)29-55-33-20-18-32(19-21-33)45(50)22-27-51-28-23-45/h4-9,11-15,17-21,50H,3,10,16,22-30H2,1-2H3/b7-6-. The normalized spacial score (nSPS) is 16.0. The molecule has 4 heterocycles. The molecule has 1 fully saturated rings. The van der Waals surface area contributed by atoms with Crippen LogP contribution in [0.15, 0.2) is 97.1 Å². The Hall–Kier alpha value is -5.42. The van der Waals surface area contributed by atoms with E-state index in [9.17, 15) is 9.90 Å². The second-order valence-electron chi connectivity index (χ2n) is 14.1. The van der Waals surface area contributed by atoms with Gasteiger partial charge in [0.25, 0.3) is 0 Å². The number of nitrogens with zero attached hydrogens (tertiary/aromatic N) is 3. The van der Waals surface area contributed by atoms with Gasteiger partial charge in [-0.15, -0.1) is 0 Å². The average Bonchev–Trinajstić information content (AvgIpc) is 3.69. The van der Waals surface area contributed by atoms with E-state index in [1.165, 1.54) is 0 Å². The zero-order valence-electron chi connectivity index (χ0n) is 31.5. The smallest absolute Gasteiger partial charge is 0.355 e. The van der Waals surface area contributed by atoms with Crippen molar-refractivity contribution in [3.63, 3.8) is 0 Å². The molecule has 1 N–H and O–H groups in total. The molecular formula is C45H47N3O7. The summed E-state index contributed by atoms with van der Waals surface area (Å²) in [5, 5.41) is 19.3. The quantitative estimate of drug-likeness (QED) is 0.0809. The van der Waals surface area contributed by atoms with Gasteiger partial charge in [0.2, 0.25) is 0 Å². The number of aromatic nitrogens is 3. The van der Waals surface area contributed by atoms with E-state index in [-0.39, 0.29) is 19.2 Å². The maximum atomic E-state index is 13.9. The lowest BCUT2D eigenvalue weighted by Gasteiger charge is -2.32. The Morgan fingerprint density at radius 2 is 1.69 bits per heavy atom. The Bertz CT molecular complexity index is 2330. The van der Waals surface area contributed by atoms with Gasteiger partial charge in [0.15, 0.2) is 0 Å². The summed E-state index contributed by atoms with van der Waals surface area (Å²) in [6.07, 6.45) is 6.49. The van der Waals surface area contributed by atoms with Crippen LogP contribution in [0.2, 0.25) is 0 Å². The molecule has 0 unspecified atom stereocenters. The highest BCUT2D eigenvalue weighted by atomic mass is 16.5. The minimum atomic E-state index is -0.892. The van der Waals surface area contributed by atoms with Gasteiger partial charge in [0.1, 0.15) is 29.5 Å². The number of fused-ring (bicyclic) bond motifs is 3. The van der Waals surface area contributed by atoms with E-state index < -0.39 is 5.60 Å². The van der Waals surface area contributed by atoms with E-state index in [1.54, 1.807) is 0 Å². The molecule has 2 aliphatic rings. The van der Waals surface area contributed by atoms with E-state index in [0.717, 1.165) is 61.1 Å². The number of carbonyl (C=O) groups is 1. The van der Waals surface area contributed by atoms with Gasteiger partial charge < -0.3 is 33.4 Å². The lowest BCUT2D eigenvalue weighted by atomic mass is 9.86. The summed E-state index contributed by atoms with van der Waals surface area (Å²) in [6, 6.07) is 28.2. The summed E-state index contributed by atoms with van der Waals surface area (Å²) in [4.78, 5) is 13.9. The lowest BCUT2D eigenvalue weighted by molar-refractivity contribution is -0.0679. The minimum absolute atomic E-state index is 0.207.